The fourth-order valence-electron chi connectivity index (χ4n) is 1.53. The van der Waals surface area contributed by atoms with Gasteiger partial charge in [-0.2, -0.15) is 16.9 Å². The molecule has 2 rings (SSSR count). The number of thioether (sulfide) groups is 1. The van der Waals surface area contributed by atoms with E-state index in [2.05, 4.69) is 21.8 Å². The summed E-state index contributed by atoms with van der Waals surface area (Å²) in [6.45, 7) is 1.05. The minimum Gasteiger partial charge on any atom is -0.368 e. The zero-order valence-corrected chi connectivity index (χ0v) is 8.00. The van der Waals surface area contributed by atoms with E-state index in [0.29, 0.717) is 0 Å². The third-order valence-corrected chi connectivity index (χ3v) is 2.79. The average Bonchev–Trinajstić information content (AvgIpc) is 2.62. The smallest absolute Gasteiger partial charge is 0.151 e. The molecule has 0 saturated heterocycles. The molecule has 4 heteroatoms. The number of aromatic nitrogens is 2. The molecule has 0 fully saturated rings. The quantitative estimate of drug-likeness (QED) is 0.741. The first-order valence-electron chi connectivity index (χ1n) is 4.20. The van der Waals surface area contributed by atoms with Gasteiger partial charge in [0.25, 0.3) is 0 Å². The number of hydrogen-bond donors (Lipinski definition) is 2. The van der Waals surface area contributed by atoms with Crippen LogP contribution in [0.4, 0.5) is 5.82 Å². The molecule has 1 aromatic heterocycles. The minimum atomic E-state index is 1.05. The SMILES string of the molecule is CSCCc1[nH]nc2c1CCN2. The minimum absolute atomic E-state index is 1.05. The van der Waals surface area contributed by atoms with Gasteiger partial charge in [0.2, 0.25) is 0 Å². The van der Waals surface area contributed by atoms with Crippen LogP contribution in [0.5, 0.6) is 0 Å². The van der Waals surface area contributed by atoms with E-state index >= 15 is 0 Å². The largest absolute Gasteiger partial charge is 0.368 e. The first-order valence-corrected chi connectivity index (χ1v) is 5.60. The Hall–Kier alpha value is -0.640. The molecule has 0 aliphatic carbocycles. The molecule has 1 aromatic rings. The Bertz CT molecular complexity index is 269. The van der Waals surface area contributed by atoms with Crippen molar-refractivity contribution < 1.29 is 0 Å². The highest BCUT2D eigenvalue weighted by Gasteiger charge is 2.16. The van der Waals surface area contributed by atoms with Gasteiger partial charge in [-0.1, -0.05) is 0 Å². The highest BCUT2D eigenvalue weighted by molar-refractivity contribution is 7.98. The van der Waals surface area contributed by atoms with Crippen molar-refractivity contribution in [1.29, 1.82) is 0 Å². The van der Waals surface area contributed by atoms with Crippen LogP contribution in [0.3, 0.4) is 0 Å². The van der Waals surface area contributed by atoms with Gasteiger partial charge < -0.3 is 5.32 Å². The Kier molecular flexibility index (Phi) is 2.26. The third kappa shape index (κ3) is 1.31. The molecular weight excluding hydrogens is 170 g/mol. The molecule has 1 aliphatic heterocycles. The summed E-state index contributed by atoms with van der Waals surface area (Å²) >= 11 is 1.88. The summed E-state index contributed by atoms with van der Waals surface area (Å²) in [6, 6.07) is 0. The first-order chi connectivity index (χ1) is 5.92. The normalized spacial score (nSPS) is 14.4. The van der Waals surface area contributed by atoms with E-state index < -0.39 is 0 Å². The fraction of sp³-hybridized carbons (Fsp3) is 0.625. The summed E-state index contributed by atoms with van der Waals surface area (Å²) in [6.07, 6.45) is 4.38. The molecule has 2 N–H and O–H groups in total. The van der Waals surface area contributed by atoms with Crippen LogP contribution in [0.25, 0.3) is 0 Å². The molecule has 12 heavy (non-hydrogen) atoms. The Morgan fingerprint density at radius 1 is 1.58 bits per heavy atom. The van der Waals surface area contributed by atoms with E-state index in [1.807, 2.05) is 11.8 Å². The average molecular weight is 183 g/mol. The van der Waals surface area contributed by atoms with Crippen LogP contribution in [0.15, 0.2) is 0 Å². The van der Waals surface area contributed by atoms with Gasteiger partial charge in [-0.05, 0) is 24.9 Å². The van der Waals surface area contributed by atoms with Crippen molar-refractivity contribution in [2.45, 2.75) is 12.8 Å². The maximum atomic E-state index is 4.20. The monoisotopic (exact) mass is 183 g/mol. The number of fused-ring (bicyclic) bond motifs is 1. The van der Waals surface area contributed by atoms with E-state index in [4.69, 9.17) is 0 Å². The Morgan fingerprint density at radius 3 is 3.33 bits per heavy atom. The number of nitrogens with one attached hydrogen (secondary N) is 2. The van der Waals surface area contributed by atoms with Gasteiger partial charge in [0, 0.05) is 17.8 Å². The zero-order valence-electron chi connectivity index (χ0n) is 7.18. The topological polar surface area (TPSA) is 40.7 Å². The molecule has 0 spiro atoms. The van der Waals surface area contributed by atoms with Crippen molar-refractivity contribution in [2.75, 3.05) is 23.9 Å². The van der Waals surface area contributed by atoms with Crippen molar-refractivity contribution in [2.24, 2.45) is 0 Å². The van der Waals surface area contributed by atoms with E-state index in [1.165, 1.54) is 17.0 Å². The van der Waals surface area contributed by atoms with Gasteiger partial charge in [-0.3, -0.25) is 5.10 Å². The number of aromatic amines is 1. The molecule has 3 nitrogen and oxygen atoms in total. The zero-order chi connectivity index (χ0) is 8.39. The number of aryl methyl sites for hydroxylation is 1. The molecule has 0 radical (unpaired) electrons. The van der Waals surface area contributed by atoms with Gasteiger partial charge in [-0.25, -0.2) is 0 Å². The molecule has 0 saturated carbocycles. The predicted molar refractivity (Wildman–Crippen MR) is 52.9 cm³/mol. The Labute approximate surface area is 76.3 Å². The van der Waals surface area contributed by atoms with Crippen molar-refractivity contribution in [1.82, 2.24) is 10.2 Å². The molecule has 66 valence electrons. The molecule has 0 aromatic carbocycles. The molecular formula is C8H13N3S. The standard InChI is InChI=1S/C8H13N3S/c1-12-5-3-7-6-2-4-9-8(6)11-10-7/h2-5H2,1H3,(H2,9,10,11). The summed E-state index contributed by atoms with van der Waals surface area (Å²) in [5.74, 6) is 2.25. The summed E-state index contributed by atoms with van der Waals surface area (Å²) in [4.78, 5) is 0. The highest BCUT2D eigenvalue weighted by Crippen LogP contribution is 2.22. The van der Waals surface area contributed by atoms with Crippen molar-refractivity contribution in [3.05, 3.63) is 11.3 Å². The first kappa shape index (κ1) is 7.98. The number of hydrogen-bond acceptors (Lipinski definition) is 3. The van der Waals surface area contributed by atoms with Crippen molar-refractivity contribution in [3.8, 4) is 0 Å². The lowest BCUT2D eigenvalue weighted by Crippen LogP contribution is -1.97. The van der Waals surface area contributed by atoms with E-state index in [-0.39, 0.29) is 0 Å². The molecule has 0 atom stereocenters. The maximum Gasteiger partial charge on any atom is 0.151 e. The molecule has 2 heterocycles. The third-order valence-electron chi connectivity index (χ3n) is 2.18. The van der Waals surface area contributed by atoms with Gasteiger partial charge in [0.15, 0.2) is 5.82 Å². The number of rotatable bonds is 3. The lowest BCUT2D eigenvalue weighted by molar-refractivity contribution is 0.939. The second-order valence-corrected chi connectivity index (χ2v) is 3.93. The van der Waals surface area contributed by atoms with E-state index in [9.17, 15) is 0 Å². The van der Waals surface area contributed by atoms with E-state index in [1.54, 1.807) is 0 Å². The lowest BCUT2D eigenvalue weighted by atomic mass is 10.2. The highest BCUT2D eigenvalue weighted by atomic mass is 32.2. The molecule has 0 bridgehead atoms. The number of anilines is 1. The van der Waals surface area contributed by atoms with Crippen LogP contribution in [0.1, 0.15) is 11.3 Å². The second-order valence-electron chi connectivity index (χ2n) is 2.95. The van der Waals surface area contributed by atoms with Crippen LogP contribution in [0, 0.1) is 0 Å². The summed E-state index contributed by atoms with van der Waals surface area (Å²) in [7, 11) is 0. The number of nitrogens with zero attached hydrogens (tertiary/aromatic N) is 1. The molecule has 1 aliphatic rings. The molecule has 0 amide bonds. The second kappa shape index (κ2) is 3.39. The Morgan fingerprint density at radius 2 is 2.50 bits per heavy atom. The predicted octanol–water partition coefficient (Wildman–Crippen LogP) is 1.28. The van der Waals surface area contributed by atoms with Crippen molar-refractivity contribution >= 4 is 17.6 Å². The number of H-pyrrole nitrogens is 1. The van der Waals surface area contributed by atoms with Crippen LogP contribution >= 0.6 is 11.8 Å². The van der Waals surface area contributed by atoms with Gasteiger partial charge in [-0.15, -0.1) is 0 Å². The van der Waals surface area contributed by atoms with Crippen LogP contribution in [-0.2, 0) is 12.8 Å². The molecule has 0 unspecified atom stereocenters. The van der Waals surface area contributed by atoms with Crippen LogP contribution in [0.2, 0.25) is 0 Å². The van der Waals surface area contributed by atoms with Crippen molar-refractivity contribution in [3.63, 3.8) is 0 Å². The summed E-state index contributed by atoms with van der Waals surface area (Å²) in [5, 5.41) is 10.5. The van der Waals surface area contributed by atoms with Gasteiger partial charge in [0.1, 0.15) is 0 Å². The van der Waals surface area contributed by atoms with Crippen LogP contribution < -0.4 is 5.32 Å². The fourth-order valence-corrected chi connectivity index (χ4v) is 1.94. The van der Waals surface area contributed by atoms with Gasteiger partial charge >= 0.3 is 0 Å². The van der Waals surface area contributed by atoms with E-state index in [0.717, 1.165) is 25.2 Å². The maximum absolute atomic E-state index is 4.20. The lowest BCUT2D eigenvalue weighted by Gasteiger charge is -1.96. The summed E-state index contributed by atoms with van der Waals surface area (Å²) < 4.78 is 0. The van der Waals surface area contributed by atoms with Gasteiger partial charge in [0.05, 0.1) is 0 Å². The summed E-state index contributed by atoms with van der Waals surface area (Å²) in [5.41, 5.74) is 2.73. The Balaban J connectivity index is 2.11. The van der Waals surface area contributed by atoms with Crippen LogP contribution in [-0.4, -0.2) is 28.8 Å².